The molecule has 6 heteroatoms. The van der Waals surface area contributed by atoms with Crippen LogP contribution in [0.25, 0.3) is 0 Å². The minimum atomic E-state index is -0.172. The van der Waals surface area contributed by atoms with Gasteiger partial charge in [0.25, 0.3) is 0 Å². The summed E-state index contributed by atoms with van der Waals surface area (Å²) in [6.07, 6.45) is 6.09. The van der Waals surface area contributed by atoms with E-state index in [1.807, 2.05) is 50.5 Å². The second-order valence-corrected chi connectivity index (χ2v) is 6.57. The number of amides is 1. The van der Waals surface area contributed by atoms with E-state index in [2.05, 4.69) is 19.8 Å². The summed E-state index contributed by atoms with van der Waals surface area (Å²) in [5.41, 5.74) is 0.789. The third kappa shape index (κ3) is 4.02. The Morgan fingerprint density at radius 1 is 1.36 bits per heavy atom. The van der Waals surface area contributed by atoms with Crippen molar-refractivity contribution in [1.29, 1.82) is 0 Å². The van der Waals surface area contributed by atoms with Crippen LogP contribution in [0.4, 0.5) is 5.69 Å². The molecule has 2 heterocycles. The van der Waals surface area contributed by atoms with Crippen molar-refractivity contribution in [2.45, 2.75) is 38.8 Å². The molecule has 0 radical (unpaired) electrons. The van der Waals surface area contributed by atoms with Crippen molar-refractivity contribution in [3.05, 3.63) is 42.5 Å². The van der Waals surface area contributed by atoms with Gasteiger partial charge in [-0.25, -0.2) is 4.98 Å². The lowest BCUT2D eigenvalue weighted by molar-refractivity contribution is -0.121. The number of ether oxygens (including phenoxy) is 1. The average molecular weight is 342 g/mol. The van der Waals surface area contributed by atoms with Crippen LogP contribution in [0, 0.1) is 6.92 Å². The molecule has 2 atom stereocenters. The quantitative estimate of drug-likeness (QED) is 0.908. The predicted octanol–water partition coefficient (Wildman–Crippen LogP) is 2.86. The molecule has 1 aromatic heterocycles. The third-order valence-corrected chi connectivity index (χ3v) is 4.97. The first-order valence-electron chi connectivity index (χ1n) is 8.77. The normalized spacial score (nSPS) is 19.4. The number of methoxy groups -OCH3 is 1. The second-order valence-electron chi connectivity index (χ2n) is 6.57. The van der Waals surface area contributed by atoms with Crippen LogP contribution < -0.4 is 10.1 Å². The molecule has 1 aliphatic rings. The van der Waals surface area contributed by atoms with Gasteiger partial charge in [0.2, 0.25) is 5.91 Å². The number of benzene rings is 1. The Morgan fingerprint density at radius 3 is 2.76 bits per heavy atom. The summed E-state index contributed by atoms with van der Waals surface area (Å²) < 4.78 is 7.37. The topological polar surface area (TPSA) is 59.4 Å². The van der Waals surface area contributed by atoms with Crippen LogP contribution >= 0.6 is 0 Å². The summed E-state index contributed by atoms with van der Waals surface area (Å²) in [5, 5.41) is 3.00. The molecule has 1 aliphatic heterocycles. The van der Waals surface area contributed by atoms with Crippen molar-refractivity contribution in [2.24, 2.45) is 0 Å². The molecular weight excluding hydrogens is 316 g/mol. The first-order chi connectivity index (χ1) is 12.1. The zero-order valence-electron chi connectivity index (χ0n) is 15.1. The first-order valence-corrected chi connectivity index (χ1v) is 8.77. The van der Waals surface area contributed by atoms with Crippen LogP contribution in [-0.2, 0) is 4.79 Å². The van der Waals surface area contributed by atoms with Gasteiger partial charge in [0.1, 0.15) is 11.6 Å². The third-order valence-electron chi connectivity index (χ3n) is 4.97. The SMILES string of the molecule is COc1ccc(NC(=O)C(C)N2CCCC(n3ccnc3C)C2)cc1. The summed E-state index contributed by atoms with van der Waals surface area (Å²) in [5.74, 6) is 1.83. The highest BCUT2D eigenvalue weighted by Crippen LogP contribution is 2.24. The van der Waals surface area contributed by atoms with Gasteiger partial charge in [-0.2, -0.15) is 0 Å². The Labute approximate surface area is 148 Å². The van der Waals surface area contributed by atoms with E-state index in [9.17, 15) is 4.79 Å². The number of nitrogens with one attached hydrogen (secondary N) is 1. The number of aryl methyl sites for hydroxylation is 1. The molecule has 134 valence electrons. The molecule has 1 fully saturated rings. The summed E-state index contributed by atoms with van der Waals surface area (Å²) in [4.78, 5) is 19.2. The number of rotatable bonds is 5. The van der Waals surface area contributed by atoms with Crippen LogP contribution in [0.2, 0.25) is 0 Å². The number of nitrogens with zero attached hydrogens (tertiary/aromatic N) is 3. The van der Waals surface area contributed by atoms with Crippen molar-refractivity contribution in [1.82, 2.24) is 14.5 Å². The monoisotopic (exact) mass is 342 g/mol. The molecule has 1 N–H and O–H groups in total. The predicted molar refractivity (Wildman–Crippen MR) is 97.9 cm³/mol. The van der Waals surface area contributed by atoms with E-state index < -0.39 is 0 Å². The van der Waals surface area contributed by atoms with E-state index in [-0.39, 0.29) is 11.9 Å². The van der Waals surface area contributed by atoms with Crippen molar-refractivity contribution in [3.63, 3.8) is 0 Å². The number of likely N-dealkylation sites (tertiary alicyclic amines) is 1. The van der Waals surface area contributed by atoms with Crippen LogP contribution in [0.15, 0.2) is 36.7 Å². The molecule has 3 rings (SSSR count). The van der Waals surface area contributed by atoms with E-state index in [0.29, 0.717) is 6.04 Å². The number of carbonyl (C=O) groups excluding carboxylic acids is 1. The largest absolute Gasteiger partial charge is 0.497 e. The molecule has 2 unspecified atom stereocenters. The van der Waals surface area contributed by atoms with Crippen molar-refractivity contribution >= 4 is 11.6 Å². The van der Waals surface area contributed by atoms with E-state index in [1.165, 1.54) is 0 Å². The lowest BCUT2D eigenvalue weighted by Gasteiger charge is -2.37. The number of piperidine rings is 1. The van der Waals surface area contributed by atoms with Crippen LogP contribution in [0.1, 0.15) is 31.6 Å². The van der Waals surface area contributed by atoms with Crippen molar-refractivity contribution < 1.29 is 9.53 Å². The van der Waals surface area contributed by atoms with Gasteiger partial charge in [-0.3, -0.25) is 9.69 Å². The molecule has 1 amide bonds. The van der Waals surface area contributed by atoms with Gasteiger partial charge in [-0.15, -0.1) is 0 Å². The van der Waals surface area contributed by atoms with Crippen molar-refractivity contribution in [3.8, 4) is 5.75 Å². The minimum absolute atomic E-state index is 0.0215. The maximum atomic E-state index is 12.6. The molecule has 0 saturated carbocycles. The number of carbonyl (C=O) groups is 1. The van der Waals surface area contributed by atoms with Gasteiger partial charge >= 0.3 is 0 Å². The van der Waals surface area contributed by atoms with Gasteiger partial charge in [0.15, 0.2) is 0 Å². The standard InChI is InChI=1S/C19H26N4O2/c1-14(19(24)21-16-6-8-18(25-3)9-7-16)22-11-4-5-17(13-22)23-12-10-20-15(23)2/h6-10,12,14,17H,4-5,11,13H2,1-3H3,(H,21,24). The Kier molecular flexibility index (Phi) is 5.38. The van der Waals surface area contributed by atoms with Crippen LogP contribution in [0.5, 0.6) is 5.75 Å². The number of aromatic nitrogens is 2. The Bertz CT molecular complexity index is 710. The summed E-state index contributed by atoms with van der Waals surface area (Å²) in [6.45, 7) is 5.82. The molecule has 2 aromatic rings. The van der Waals surface area contributed by atoms with E-state index in [1.54, 1.807) is 7.11 Å². The first kappa shape index (κ1) is 17.5. The van der Waals surface area contributed by atoms with E-state index in [0.717, 1.165) is 43.2 Å². The Balaban J connectivity index is 1.61. The van der Waals surface area contributed by atoms with Crippen LogP contribution in [0.3, 0.4) is 0 Å². The fourth-order valence-corrected chi connectivity index (χ4v) is 3.42. The number of imidazole rings is 1. The van der Waals surface area contributed by atoms with Crippen LogP contribution in [-0.4, -0.2) is 46.6 Å². The minimum Gasteiger partial charge on any atom is -0.497 e. The molecule has 1 saturated heterocycles. The van der Waals surface area contributed by atoms with Gasteiger partial charge in [0.05, 0.1) is 13.2 Å². The highest BCUT2D eigenvalue weighted by molar-refractivity contribution is 5.94. The maximum Gasteiger partial charge on any atom is 0.241 e. The Hall–Kier alpha value is -2.34. The second kappa shape index (κ2) is 7.70. The molecule has 25 heavy (non-hydrogen) atoms. The molecule has 6 nitrogen and oxygen atoms in total. The maximum absolute atomic E-state index is 12.6. The molecular formula is C19H26N4O2. The highest BCUT2D eigenvalue weighted by Gasteiger charge is 2.28. The number of hydrogen-bond acceptors (Lipinski definition) is 4. The zero-order chi connectivity index (χ0) is 17.8. The lowest BCUT2D eigenvalue weighted by atomic mass is 10.0. The molecule has 0 bridgehead atoms. The fraction of sp³-hybridized carbons (Fsp3) is 0.474. The van der Waals surface area contributed by atoms with E-state index in [4.69, 9.17) is 4.74 Å². The van der Waals surface area contributed by atoms with Gasteiger partial charge in [-0.05, 0) is 57.5 Å². The number of hydrogen-bond donors (Lipinski definition) is 1. The van der Waals surface area contributed by atoms with E-state index >= 15 is 0 Å². The molecule has 0 spiro atoms. The summed E-state index contributed by atoms with van der Waals surface area (Å²) >= 11 is 0. The smallest absolute Gasteiger partial charge is 0.241 e. The summed E-state index contributed by atoms with van der Waals surface area (Å²) in [6, 6.07) is 7.62. The summed E-state index contributed by atoms with van der Waals surface area (Å²) in [7, 11) is 1.63. The van der Waals surface area contributed by atoms with Gasteiger partial charge in [0, 0.05) is 30.7 Å². The lowest BCUT2D eigenvalue weighted by Crippen LogP contribution is -2.47. The highest BCUT2D eigenvalue weighted by atomic mass is 16.5. The molecule has 0 aliphatic carbocycles. The fourth-order valence-electron chi connectivity index (χ4n) is 3.42. The zero-order valence-corrected chi connectivity index (χ0v) is 15.1. The Morgan fingerprint density at radius 2 is 2.12 bits per heavy atom. The van der Waals surface area contributed by atoms with Gasteiger partial charge < -0.3 is 14.6 Å². The average Bonchev–Trinajstić information content (AvgIpc) is 3.08. The van der Waals surface area contributed by atoms with Crippen molar-refractivity contribution in [2.75, 3.05) is 25.5 Å². The van der Waals surface area contributed by atoms with Gasteiger partial charge in [-0.1, -0.05) is 0 Å². The number of anilines is 1. The molecule has 1 aromatic carbocycles.